The van der Waals surface area contributed by atoms with Crippen molar-refractivity contribution in [3.8, 4) is 11.1 Å². The first-order valence-corrected chi connectivity index (χ1v) is 16.4. The molecule has 0 heterocycles. The molecule has 3 atom stereocenters. The van der Waals surface area contributed by atoms with Gasteiger partial charge in [-0.3, -0.25) is 0 Å². The lowest BCUT2D eigenvalue weighted by molar-refractivity contribution is 0.143. The SMILES string of the molecule is C/C=C/CCC1CC=C(c2ccc(-c3ccc(C4=CC=C(CCCCCCCCC)C(F)C4(C)F)cc3)c(F)c2F)CC1. The quantitative estimate of drug-likeness (QED) is 0.116. The average Bonchev–Trinajstić information content (AvgIpc) is 3.01. The molecule has 0 N–H and O–H groups in total. The van der Waals surface area contributed by atoms with Crippen LogP contribution in [0.4, 0.5) is 17.6 Å². The molecule has 0 saturated carbocycles. The van der Waals surface area contributed by atoms with Gasteiger partial charge in [0.05, 0.1) is 0 Å². The molecule has 2 aromatic carbocycles. The number of unbranched alkanes of at least 4 members (excludes halogenated alkanes) is 6. The Bertz CT molecular complexity index is 1330. The van der Waals surface area contributed by atoms with Crippen LogP contribution >= 0.6 is 0 Å². The highest BCUT2D eigenvalue weighted by molar-refractivity contribution is 5.78. The Morgan fingerprint density at radius 3 is 2.19 bits per heavy atom. The molecule has 0 aliphatic heterocycles. The minimum atomic E-state index is -2.16. The van der Waals surface area contributed by atoms with Crippen LogP contribution in [0, 0.1) is 17.6 Å². The van der Waals surface area contributed by atoms with E-state index in [1.165, 1.54) is 32.6 Å². The molecule has 232 valence electrons. The zero-order valence-corrected chi connectivity index (χ0v) is 26.2. The van der Waals surface area contributed by atoms with Crippen LogP contribution in [0.15, 0.2) is 72.4 Å². The van der Waals surface area contributed by atoms with Gasteiger partial charge in [-0.1, -0.05) is 112 Å². The van der Waals surface area contributed by atoms with Crippen molar-refractivity contribution in [1.82, 2.24) is 0 Å². The summed E-state index contributed by atoms with van der Waals surface area (Å²) in [5.74, 6) is -1.13. The van der Waals surface area contributed by atoms with Crippen LogP contribution < -0.4 is 0 Å². The van der Waals surface area contributed by atoms with Crippen LogP contribution in [0.3, 0.4) is 0 Å². The number of benzene rings is 2. The fourth-order valence-electron chi connectivity index (χ4n) is 6.54. The Morgan fingerprint density at radius 2 is 1.51 bits per heavy atom. The number of allylic oxidation sites excluding steroid dienone is 8. The van der Waals surface area contributed by atoms with E-state index in [-0.39, 0.29) is 11.1 Å². The number of alkyl halides is 2. The van der Waals surface area contributed by atoms with Crippen molar-refractivity contribution >= 4 is 11.1 Å². The largest absolute Gasteiger partial charge is 0.239 e. The van der Waals surface area contributed by atoms with Gasteiger partial charge in [0.15, 0.2) is 23.5 Å². The summed E-state index contributed by atoms with van der Waals surface area (Å²) >= 11 is 0. The van der Waals surface area contributed by atoms with E-state index >= 15 is 17.6 Å². The van der Waals surface area contributed by atoms with E-state index in [4.69, 9.17) is 0 Å². The monoisotopic (exact) mass is 592 g/mol. The molecular weight excluding hydrogens is 544 g/mol. The van der Waals surface area contributed by atoms with Gasteiger partial charge in [-0.25, -0.2) is 17.6 Å². The van der Waals surface area contributed by atoms with Gasteiger partial charge in [0.2, 0.25) is 0 Å². The third-order valence-electron chi connectivity index (χ3n) is 9.29. The molecule has 0 radical (unpaired) electrons. The van der Waals surface area contributed by atoms with E-state index in [0.29, 0.717) is 34.6 Å². The maximum Gasteiger partial charge on any atom is 0.168 e. The highest BCUT2D eigenvalue weighted by atomic mass is 19.2. The summed E-state index contributed by atoms with van der Waals surface area (Å²) in [6.45, 7) is 5.51. The van der Waals surface area contributed by atoms with Gasteiger partial charge in [0, 0.05) is 11.1 Å². The van der Waals surface area contributed by atoms with Crippen LogP contribution in [0.5, 0.6) is 0 Å². The summed E-state index contributed by atoms with van der Waals surface area (Å²) < 4.78 is 61.8. The van der Waals surface area contributed by atoms with Crippen molar-refractivity contribution in [3.63, 3.8) is 0 Å². The van der Waals surface area contributed by atoms with E-state index in [1.54, 1.807) is 48.6 Å². The first-order chi connectivity index (χ1) is 20.8. The molecule has 0 bridgehead atoms. The normalized spacial score (nSPS) is 22.4. The lowest BCUT2D eigenvalue weighted by Crippen LogP contribution is -2.36. The van der Waals surface area contributed by atoms with Gasteiger partial charge in [-0.2, -0.15) is 0 Å². The van der Waals surface area contributed by atoms with E-state index in [1.807, 2.05) is 6.92 Å². The first-order valence-electron chi connectivity index (χ1n) is 16.4. The molecule has 0 amide bonds. The minimum Gasteiger partial charge on any atom is -0.239 e. The molecular formula is C39H48F4. The Hall–Kier alpha value is -2.88. The third-order valence-corrected chi connectivity index (χ3v) is 9.29. The fourth-order valence-corrected chi connectivity index (χ4v) is 6.54. The van der Waals surface area contributed by atoms with Crippen molar-refractivity contribution in [1.29, 1.82) is 0 Å². The molecule has 43 heavy (non-hydrogen) atoms. The molecule has 3 unspecified atom stereocenters. The highest BCUT2D eigenvalue weighted by Gasteiger charge is 2.42. The molecule has 4 heteroatoms. The molecule has 2 aromatic rings. The Kier molecular flexibility index (Phi) is 12.1. The average molecular weight is 593 g/mol. The fraction of sp³-hybridized carbons (Fsp3) is 0.487. The van der Waals surface area contributed by atoms with Crippen LogP contribution in [-0.2, 0) is 0 Å². The first kappa shape index (κ1) is 33.0. The lowest BCUT2D eigenvalue weighted by atomic mass is 9.79. The Morgan fingerprint density at radius 1 is 0.860 bits per heavy atom. The summed E-state index contributed by atoms with van der Waals surface area (Å²) in [4.78, 5) is 0. The van der Waals surface area contributed by atoms with Crippen molar-refractivity contribution in [2.24, 2.45) is 5.92 Å². The molecule has 0 aromatic heterocycles. The van der Waals surface area contributed by atoms with Crippen LogP contribution in [0.25, 0.3) is 22.3 Å². The molecule has 0 saturated heterocycles. The second kappa shape index (κ2) is 15.7. The van der Waals surface area contributed by atoms with Gasteiger partial charge < -0.3 is 0 Å². The topological polar surface area (TPSA) is 0 Å². The van der Waals surface area contributed by atoms with Crippen LogP contribution in [0.1, 0.15) is 115 Å². The second-order valence-corrected chi connectivity index (χ2v) is 12.5. The molecule has 4 rings (SSSR count). The number of hydrogen-bond donors (Lipinski definition) is 0. The smallest absolute Gasteiger partial charge is 0.168 e. The van der Waals surface area contributed by atoms with Gasteiger partial charge in [0.25, 0.3) is 0 Å². The standard InChI is InChI=1S/C39H48F4/c1-4-6-8-9-10-11-13-15-32-24-27-35(39(3,43)38(32)42)31-22-20-30(21-23-31)34-26-25-33(36(40)37(34)41)29-18-16-28(17-19-29)14-12-7-5-2/h5,7,18,20-28,38H,4,6,8-17,19H2,1-3H3/b7-5+. The minimum absolute atomic E-state index is 0.161. The predicted molar refractivity (Wildman–Crippen MR) is 174 cm³/mol. The molecule has 0 nitrogen and oxygen atoms in total. The molecule has 2 aliphatic rings. The summed E-state index contributed by atoms with van der Waals surface area (Å²) in [6, 6.07) is 9.94. The number of halogens is 4. The van der Waals surface area contributed by atoms with Crippen molar-refractivity contribution in [3.05, 3.63) is 95.1 Å². The van der Waals surface area contributed by atoms with Crippen molar-refractivity contribution < 1.29 is 17.6 Å². The molecule has 2 aliphatic carbocycles. The van der Waals surface area contributed by atoms with Gasteiger partial charge >= 0.3 is 0 Å². The summed E-state index contributed by atoms with van der Waals surface area (Å²) in [5.41, 5.74) is 1.01. The maximum atomic E-state index is 15.8. The zero-order valence-electron chi connectivity index (χ0n) is 26.2. The van der Waals surface area contributed by atoms with E-state index < -0.39 is 23.5 Å². The third kappa shape index (κ3) is 8.19. The van der Waals surface area contributed by atoms with Crippen LogP contribution in [0.2, 0.25) is 0 Å². The number of hydrogen-bond acceptors (Lipinski definition) is 0. The molecule has 0 spiro atoms. The van der Waals surface area contributed by atoms with Crippen molar-refractivity contribution in [2.45, 2.75) is 116 Å². The zero-order chi connectivity index (χ0) is 30.8. The van der Waals surface area contributed by atoms with Gasteiger partial charge in [-0.15, -0.1) is 0 Å². The summed E-state index contributed by atoms with van der Waals surface area (Å²) in [6.07, 6.45) is 21.3. The van der Waals surface area contributed by atoms with Gasteiger partial charge in [0.1, 0.15) is 0 Å². The Balaban J connectivity index is 1.43. The van der Waals surface area contributed by atoms with E-state index in [2.05, 4.69) is 25.2 Å². The second-order valence-electron chi connectivity index (χ2n) is 12.5. The number of rotatable bonds is 14. The predicted octanol–water partition coefficient (Wildman–Crippen LogP) is 12.7. The van der Waals surface area contributed by atoms with E-state index in [9.17, 15) is 0 Å². The van der Waals surface area contributed by atoms with Crippen LogP contribution in [-0.4, -0.2) is 11.8 Å². The molecule has 0 fully saturated rings. The summed E-state index contributed by atoms with van der Waals surface area (Å²) in [5, 5.41) is 0. The Labute approximate surface area is 256 Å². The van der Waals surface area contributed by atoms with E-state index in [0.717, 1.165) is 56.9 Å². The highest BCUT2D eigenvalue weighted by Crippen LogP contribution is 2.43. The van der Waals surface area contributed by atoms with Crippen molar-refractivity contribution in [2.75, 3.05) is 0 Å². The lowest BCUT2D eigenvalue weighted by Gasteiger charge is -2.32. The van der Waals surface area contributed by atoms with Gasteiger partial charge in [-0.05, 0) is 92.6 Å². The summed E-state index contributed by atoms with van der Waals surface area (Å²) in [7, 11) is 0. The maximum absolute atomic E-state index is 15.8.